The van der Waals surface area contributed by atoms with Crippen LogP contribution in [0, 0.1) is 13.8 Å². The lowest BCUT2D eigenvalue weighted by Crippen LogP contribution is -2.33. The van der Waals surface area contributed by atoms with Crippen LogP contribution in [0.25, 0.3) is 5.76 Å². The Morgan fingerprint density at radius 3 is 2.38 bits per heavy atom. The number of ketones is 1. The molecule has 1 aromatic heterocycles. The summed E-state index contributed by atoms with van der Waals surface area (Å²) in [7, 11) is 1.52. The fourth-order valence-corrected chi connectivity index (χ4v) is 5.24. The fraction of sp³-hybridized carbons (Fsp3) is 0.500. The molecule has 1 aromatic carbocycles. The standard InChI is InChI=1S/C30H41N3O7/c1-8-32(9-2)15-12-16-33-26(20-13-14-21(39-10-3)22(17-20)38-7)24(28(35)29(33)36)27(34)23-18(5)25(31-19(23)6)30(37)40-11-4/h13-14,17,26,31,34H,8-12,15-16H2,1-7H3/b27-24+. The number of ether oxygens (including phenoxy) is 3. The van der Waals surface area contributed by atoms with E-state index < -0.39 is 23.7 Å². The van der Waals surface area contributed by atoms with Gasteiger partial charge in [-0.1, -0.05) is 19.9 Å². The van der Waals surface area contributed by atoms with Gasteiger partial charge in [0.15, 0.2) is 11.5 Å². The molecule has 10 nitrogen and oxygen atoms in total. The van der Waals surface area contributed by atoms with Crippen molar-refractivity contribution < 1.29 is 33.7 Å². The average Bonchev–Trinajstić information content (AvgIpc) is 3.38. The number of aliphatic hydroxyl groups excluding tert-OH is 1. The molecule has 1 saturated heterocycles. The minimum atomic E-state index is -0.860. The molecule has 218 valence electrons. The zero-order chi connectivity index (χ0) is 29.6. The molecule has 2 N–H and O–H groups in total. The number of esters is 1. The lowest BCUT2D eigenvalue weighted by molar-refractivity contribution is -0.140. The summed E-state index contributed by atoms with van der Waals surface area (Å²) in [4.78, 5) is 46.2. The van der Waals surface area contributed by atoms with Crippen molar-refractivity contribution in [3.05, 3.63) is 51.9 Å². The summed E-state index contributed by atoms with van der Waals surface area (Å²) in [5.41, 5.74) is 1.96. The molecule has 1 atom stereocenters. The number of methoxy groups -OCH3 is 1. The van der Waals surface area contributed by atoms with Crippen LogP contribution in [0.4, 0.5) is 0 Å². The SMILES string of the molecule is CCOC(=O)c1[nH]c(C)c(/C(O)=C2\C(=O)C(=O)N(CCCN(CC)CC)C2c2ccc(OCC)c(OC)c2)c1C. The Hall–Kier alpha value is -3.79. The maximum absolute atomic E-state index is 13.5. The molecule has 2 aromatic rings. The number of aromatic amines is 1. The summed E-state index contributed by atoms with van der Waals surface area (Å²) in [6.45, 7) is 14.5. The number of nitrogens with zero attached hydrogens (tertiary/aromatic N) is 2. The van der Waals surface area contributed by atoms with Crippen LogP contribution >= 0.6 is 0 Å². The number of likely N-dealkylation sites (tertiary alicyclic amines) is 1. The third-order valence-electron chi connectivity index (χ3n) is 7.26. The van der Waals surface area contributed by atoms with Crippen molar-refractivity contribution >= 4 is 23.4 Å². The van der Waals surface area contributed by atoms with E-state index in [1.54, 1.807) is 39.0 Å². The number of aliphatic hydroxyl groups is 1. The van der Waals surface area contributed by atoms with Crippen LogP contribution < -0.4 is 9.47 Å². The Morgan fingerprint density at radius 2 is 1.77 bits per heavy atom. The number of H-pyrrole nitrogens is 1. The molecule has 3 rings (SSSR count). The van der Waals surface area contributed by atoms with Crippen molar-refractivity contribution in [2.24, 2.45) is 0 Å². The number of nitrogens with one attached hydrogen (secondary N) is 1. The zero-order valence-corrected chi connectivity index (χ0v) is 24.6. The van der Waals surface area contributed by atoms with Crippen molar-refractivity contribution in [1.82, 2.24) is 14.8 Å². The number of Topliss-reactive ketones (excluding diaryl/α,β-unsaturated/α-hetero) is 1. The number of aryl methyl sites for hydroxylation is 1. The first-order valence-corrected chi connectivity index (χ1v) is 13.8. The van der Waals surface area contributed by atoms with Gasteiger partial charge in [-0.15, -0.1) is 0 Å². The number of carbonyl (C=O) groups is 3. The van der Waals surface area contributed by atoms with Gasteiger partial charge in [0, 0.05) is 17.8 Å². The topological polar surface area (TPSA) is 121 Å². The van der Waals surface area contributed by atoms with E-state index in [1.807, 2.05) is 6.92 Å². The first-order chi connectivity index (χ1) is 19.1. The van der Waals surface area contributed by atoms with Crippen molar-refractivity contribution in [3.63, 3.8) is 0 Å². The number of hydrogen-bond acceptors (Lipinski definition) is 8. The smallest absolute Gasteiger partial charge is 0.355 e. The van der Waals surface area contributed by atoms with Crippen molar-refractivity contribution in [1.29, 1.82) is 0 Å². The number of rotatable bonds is 13. The van der Waals surface area contributed by atoms with Gasteiger partial charge in [0.05, 0.1) is 31.9 Å². The summed E-state index contributed by atoms with van der Waals surface area (Å²) in [5.74, 6) is -1.39. The Bertz CT molecular complexity index is 1280. The average molecular weight is 556 g/mol. The summed E-state index contributed by atoms with van der Waals surface area (Å²) < 4.78 is 16.3. The van der Waals surface area contributed by atoms with E-state index in [-0.39, 0.29) is 23.6 Å². The molecule has 0 spiro atoms. The van der Waals surface area contributed by atoms with Crippen LogP contribution in [0.5, 0.6) is 11.5 Å². The van der Waals surface area contributed by atoms with Crippen LogP contribution in [-0.2, 0) is 14.3 Å². The largest absolute Gasteiger partial charge is 0.507 e. The van der Waals surface area contributed by atoms with Crippen molar-refractivity contribution in [3.8, 4) is 11.5 Å². The maximum Gasteiger partial charge on any atom is 0.355 e. The zero-order valence-electron chi connectivity index (χ0n) is 24.6. The van der Waals surface area contributed by atoms with E-state index in [1.165, 1.54) is 12.0 Å². The first kappa shape index (κ1) is 30.7. The highest BCUT2D eigenvalue weighted by Crippen LogP contribution is 2.43. The molecular weight excluding hydrogens is 514 g/mol. The summed E-state index contributed by atoms with van der Waals surface area (Å²) in [6.07, 6.45) is 0.647. The molecule has 1 unspecified atom stereocenters. The number of hydrogen-bond donors (Lipinski definition) is 2. The molecule has 0 bridgehead atoms. The molecule has 0 saturated carbocycles. The van der Waals surface area contributed by atoms with Gasteiger partial charge in [0.1, 0.15) is 11.5 Å². The molecule has 10 heteroatoms. The van der Waals surface area contributed by atoms with E-state index in [4.69, 9.17) is 14.2 Å². The van der Waals surface area contributed by atoms with Gasteiger partial charge in [0.2, 0.25) is 0 Å². The second-order valence-electron chi connectivity index (χ2n) is 9.56. The van der Waals surface area contributed by atoms with Gasteiger partial charge in [-0.3, -0.25) is 9.59 Å². The number of amides is 1. The maximum atomic E-state index is 13.5. The Morgan fingerprint density at radius 1 is 1.07 bits per heavy atom. The van der Waals surface area contributed by atoms with Gasteiger partial charge in [-0.25, -0.2) is 4.79 Å². The van der Waals surface area contributed by atoms with Gasteiger partial charge in [0.25, 0.3) is 11.7 Å². The van der Waals surface area contributed by atoms with Crippen LogP contribution in [0.2, 0.25) is 0 Å². The highest BCUT2D eigenvalue weighted by atomic mass is 16.5. The molecule has 40 heavy (non-hydrogen) atoms. The number of carbonyl (C=O) groups excluding carboxylic acids is 3. The third-order valence-corrected chi connectivity index (χ3v) is 7.26. The summed E-state index contributed by atoms with van der Waals surface area (Å²) in [5, 5.41) is 11.6. The minimum absolute atomic E-state index is 0.0420. The highest BCUT2D eigenvalue weighted by Gasteiger charge is 2.46. The van der Waals surface area contributed by atoms with Crippen molar-refractivity contribution in [2.75, 3.05) is 46.5 Å². The van der Waals surface area contributed by atoms with E-state index in [0.717, 1.165) is 19.6 Å². The molecule has 1 fully saturated rings. The minimum Gasteiger partial charge on any atom is -0.507 e. The number of benzene rings is 1. The van der Waals surface area contributed by atoms with Gasteiger partial charge >= 0.3 is 5.97 Å². The summed E-state index contributed by atoms with van der Waals surface area (Å²) in [6, 6.07) is 4.38. The van der Waals surface area contributed by atoms with Crippen molar-refractivity contribution in [2.45, 2.75) is 54.0 Å². The van der Waals surface area contributed by atoms with Gasteiger partial charge in [-0.2, -0.15) is 0 Å². The van der Waals surface area contributed by atoms with Crippen LogP contribution in [0.3, 0.4) is 0 Å². The molecule has 0 aliphatic carbocycles. The normalized spacial score (nSPS) is 16.6. The Kier molecular flexibility index (Phi) is 10.4. The molecule has 0 radical (unpaired) electrons. The first-order valence-electron chi connectivity index (χ1n) is 13.8. The second kappa shape index (κ2) is 13.5. The molecule has 1 aliphatic rings. The van der Waals surface area contributed by atoms with E-state index in [9.17, 15) is 19.5 Å². The lowest BCUT2D eigenvalue weighted by atomic mass is 9.93. The van der Waals surface area contributed by atoms with E-state index in [2.05, 4.69) is 23.7 Å². The molecule has 2 heterocycles. The van der Waals surface area contributed by atoms with E-state index in [0.29, 0.717) is 53.5 Å². The van der Waals surface area contributed by atoms with Gasteiger partial charge in [-0.05, 0) is 77.0 Å². The Balaban J connectivity index is 2.17. The molecule has 1 aliphatic heterocycles. The fourth-order valence-electron chi connectivity index (χ4n) is 5.24. The van der Waals surface area contributed by atoms with Gasteiger partial charge < -0.3 is 34.1 Å². The highest BCUT2D eigenvalue weighted by molar-refractivity contribution is 6.46. The molecular formula is C30H41N3O7. The Labute approximate surface area is 235 Å². The quantitative estimate of drug-likeness (QED) is 0.162. The van der Waals surface area contributed by atoms with Crippen LogP contribution in [0.15, 0.2) is 23.8 Å². The number of aromatic nitrogens is 1. The molecule has 1 amide bonds. The van der Waals surface area contributed by atoms with E-state index >= 15 is 0 Å². The lowest BCUT2D eigenvalue weighted by Gasteiger charge is -2.27. The monoisotopic (exact) mass is 555 g/mol. The third kappa shape index (κ3) is 6.01. The predicted octanol–water partition coefficient (Wildman–Crippen LogP) is 4.37. The predicted molar refractivity (Wildman–Crippen MR) is 152 cm³/mol. The van der Waals surface area contributed by atoms with Crippen LogP contribution in [0.1, 0.15) is 73.0 Å². The second-order valence-corrected chi connectivity index (χ2v) is 9.56. The summed E-state index contributed by atoms with van der Waals surface area (Å²) >= 11 is 0. The van der Waals surface area contributed by atoms with Crippen LogP contribution in [-0.4, -0.2) is 84.1 Å².